The molecule has 0 aromatic heterocycles. The van der Waals surface area contributed by atoms with Gasteiger partial charge in [0.1, 0.15) is 6.10 Å². The molecule has 0 bridgehead atoms. The average molecular weight is 308 g/mol. The van der Waals surface area contributed by atoms with Crippen LogP contribution in [0.1, 0.15) is 17.2 Å². The van der Waals surface area contributed by atoms with Crippen LogP contribution < -0.4 is 5.32 Å². The fourth-order valence-corrected chi connectivity index (χ4v) is 2.83. The van der Waals surface area contributed by atoms with Crippen LogP contribution in [-0.2, 0) is 4.74 Å². The molecule has 2 aromatic carbocycles. The Morgan fingerprint density at radius 3 is 2.04 bits per heavy atom. The number of ether oxygens (including phenoxy) is 1. The molecule has 0 saturated carbocycles. The molecular weight excluding hydrogens is 284 g/mol. The Morgan fingerprint density at radius 2 is 1.48 bits per heavy atom. The summed E-state index contributed by atoms with van der Waals surface area (Å²) in [5, 5.41) is 3.37. The van der Waals surface area contributed by atoms with E-state index in [4.69, 9.17) is 4.74 Å². The minimum absolute atomic E-state index is 0.0586. The highest BCUT2D eigenvalue weighted by atomic mass is 16.5. The van der Waals surface area contributed by atoms with Crippen molar-refractivity contribution >= 4 is 0 Å². The van der Waals surface area contributed by atoms with Crippen LogP contribution in [0.5, 0.6) is 0 Å². The van der Waals surface area contributed by atoms with Crippen molar-refractivity contribution in [2.45, 2.75) is 6.10 Å². The zero-order chi connectivity index (χ0) is 15.7. The summed E-state index contributed by atoms with van der Waals surface area (Å²) in [6.45, 7) is 5.30. The molecule has 1 N–H and O–H groups in total. The average Bonchev–Trinajstić information content (AvgIpc) is 2.64. The second-order valence-electron chi connectivity index (χ2n) is 5.76. The molecule has 0 radical (unpaired) electrons. The Bertz CT molecular complexity index is 552. The maximum atomic E-state index is 6.08. The molecule has 3 rings (SSSR count). The quantitative estimate of drug-likeness (QED) is 0.829. The predicted octanol–water partition coefficient (Wildman–Crippen LogP) is 3.21. The summed E-state index contributed by atoms with van der Waals surface area (Å²) in [7, 11) is 0. The number of nitrogens with one attached hydrogen (secondary N) is 1. The molecule has 0 spiro atoms. The van der Waals surface area contributed by atoms with Crippen LogP contribution in [-0.4, -0.2) is 37.6 Å². The maximum absolute atomic E-state index is 6.08. The lowest BCUT2D eigenvalue weighted by Gasteiger charge is -2.25. The van der Waals surface area contributed by atoms with Gasteiger partial charge in [0.25, 0.3) is 0 Å². The van der Waals surface area contributed by atoms with Gasteiger partial charge in [-0.3, -0.25) is 4.90 Å². The van der Waals surface area contributed by atoms with Crippen molar-refractivity contribution in [2.75, 3.05) is 32.7 Å². The van der Waals surface area contributed by atoms with E-state index >= 15 is 0 Å². The highest BCUT2D eigenvalue weighted by Crippen LogP contribution is 2.25. The number of nitrogens with zero attached hydrogens (tertiary/aromatic N) is 1. The van der Waals surface area contributed by atoms with E-state index in [2.05, 4.69) is 64.8 Å². The molecule has 120 valence electrons. The molecular formula is C20H24N2O. The van der Waals surface area contributed by atoms with Gasteiger partial charge in [0, 0.05) is 32.7 Å². The molecule has 3 heteroatoms. The molecule has 0 aliphatic carbocycles. The molecule has 1 fully saturated rings. The summed E-state index contributed by atoms with van der Waals surface area (Å²) in [6, 6.07) is 20.7. The zero-order valence-electron chi connectivity index (χ0n) is 13.4. The fourth-order valence-electron chi connectivity index (χ4n) is 2.83. The summed E-state index contributed by atoms with van der Waals surface area (Å²) in [6.07, 6.45) is 3.91. The second kappa shape index (κ2) is 8.51. The van der Waals surface area contributed by atoms with E-state index in [-0.39, 0.29) is 6.10 Å². The van der Waals surface area contributed by atoms with Crippen LogP contribution in [0.3, 0.4) is 0 Å². The van der Waals surface area contributed by atoms with E-state index in [0.717, 1.165) is 32.7 Å². The standard InChI is InChI=1S/C20H24N2O/c1-3-8-18(9-4-1)20(19-10-5-2-6-11-19)23-17-7-14-22-15-12-21-13-16-22/h1-11,17,20-21H,12-16H2. The molecule has 1 saturated heterocycles. The Labute approximate surface area is 138 Å². The van der Waals surface area contributed by atoms with Gasteiger partial charge in [0.05, 0.1) is 6.26 Å². The number of hydrogen-bond donors (Lipinski definition) is 1. The summed E-state index contributed by atoms with van der Waals surface area (Å²) in [5.74, 6) is 0. The van der Waals surface area contributed by atoms with Crippen molar-refractivity contribution in [1.82, 2.24) is 10.2 Å². The first kappa shape index (κ1) is 15.8. The van der Waals surface area contributed by atoms with Gasteiger partial charge in [-0.15, -0.1) is 0 Å². The monoisotopic (exact) mass is 308 g/mol. The molecule has 3 nitrogen and oxygen atoms in total. The first-order valence-corrected chi connectivity index (χ1v) is 8.27. The Balaban J connectivity index is 1.64. The third kappa shape index (κ3) is 4.68. The number of piperazine rings is 1. The highest BCUT2D eigenvalue weighted by molar-refractivity contribution is 5.30. The molecule has 1 aliphatic rings. The van der Waals surface area contributed by atoms with E-state index < -0.39 is 0 Å². The Morgan fingerprint density at radius 1 is 0.913 bits per heavy atom. The summed E-state index contributed by atoms with van der Waals surface area (Å²) < 4.78 is 6.08. The maximum Gasteiger partial charge on any atom is 0.148 e. The first-order valence-electron chi connectivity index (χ1n) is 8.27. The minimum atomic E-state index is -0.0586. The second-order valence-corrected chi connectivity index (χ2v) is 5.76. The number of rotatable bonds is 6. The van der Waals surface area contributed by atoms with Crippen molar-refractivity contribution in [3.63, 3.8) is 0 Å². The van der Waals surface area contributed by atoms with Crippen molar-refractivity contribution in [1.29, 1.82) is 0 Å². The molecule has 0 atom stereocenters. The van der Waals surface area contributed by atoms with Gasteiger partial charge >= 0.3 is 0 Å². The van der Waals surface area contributed by atoms with Crippen LogP contribution in [0.15, 0.2) is 73.0 Å². The highest BCUT2D eigenvalue weighted by Gasteiger charge is 2.13. The van der Waals surface area contributed by atoms with Crippen LogP contribution in [0.4, 0.5) is 0 Å². The summed E-state index contributed by atoms with van der Waals surface area (Å²) in [5.41, 5.74) is 2.34. The number of benzene rings is 2. The predicted molar refractivity (Wildman–Crippen MR) is 94.3 cm³/mol. The lowest BCUT2D eigenvalue weighted by Crippen LogP contribution is -2.43. The Kier molecular flexibility index (Phi) is 5.84. The van der Waals surface area contributed by atoms with Gasteiger partial charge in [-0.05, 0) is 17.2 Å². The zero-order valence-corrected chi connectivity index (χ0v) is 13.4. The lowest BCUT2D eigenvalue weighted by atomic mass is 10.0. The largest absolute Gasteiger partial charge is 0.489 e. The Hall–Kier alpha value is -2.10. The molecule has 0 unspecified atom stereocenters. The molecule has 1 heterocycles. The van der Waals surface area contributed by atoms with Gasteiger partial charge in [0.15, 0.2) is 0 Å². The van der Waals surface area contributed by atoms with E-state index in [1.54, 1.807) is 0 Å². The van der Waals surface area contributed by atoms with E-state index in [1.165, 1.54) is 11.1 Å². The number of hydrogen-bond acceptors (Lipinski definition) is 3. The van der Waals surface area contributed by atoms with Crippen LogP contribution in [0, 0.1) is 0 Å². The fraction of sp³-hybridized carbons (Fsp3) is 0.300. The lowest BCUT2D eigenvalue weighted by molar-refractivity contribution is 0.179. The van der Waals surface area contributed by atoms with Gasteiger partial charge in [-0.2, -0.15) is 0 Å². The van der Waals surface area contributed by atoms with Crippen LogP contribution in [0.2, 0.25) is 0 Å². The molecule has 23 heavy (non-hydrogen) atoms. The van der Waals surface area contributed by atoms with Crippen molar-refractivity contribution in [3.8, 4) is 0 Å². The molecule has 1 aliphatic heterocycles. The van der Waals surface area contributed by atoms with Gasteiger partial charge in [-0.25, -0.2) is 0 Å². The van der Waals surface area contributed by atoms with Crippen molar-refractivity contribution in [2.24, 2.45) is 0 Å². The van der Waals surface area contributed by atoms with Crippen LogP contribution >= 0.6 is 0 Å². The minimum Gasteiger partial charge on any atom is -0.489 e. The van der Waals surface area contributed by atoms with E-state index in [9.17, 15) is 0 Å². The van der Waals surface area contributed by atoms with E-state index in [0.29, 0.717) is 0 Å². The molecule has 0 amide bonds. The summed E-state index contributed by atoms with van der Waals surface area (Å²) in [4.78, 5) is 2.43. The van der Waals surface area contributed by atoms with Crippen molar-refractivity contribution < 1.29 is 4.74 Å². The van der Waals surface area contributed by atoms with Crippen LogP contribution in [0.25, 0.3) is 0 Å². The first-order chi connectivity index (χ1) is 11.4. The molecule has 2 aromatic rings. The third-order valence-corrected chi connectivity index (χ3v) is 4.09. The third-order valence-electron chi connectivity index (χ3n) is 4.09. The summed E-state index contributed by atoms with van der Waals surface area (Å²) >= 11 is 0. The smallest absolute Gasteiger partial charge is 0.148 e. The van der Waals surface area contributed by atoms with E-state index in [1.807, 2.05) is 18.4 Å². The van der Waals surface area contributed by atoms with Crippen molar-refractivity contribution in [3.05, 3.63) is 84.1 Å². The topological polar surface area (TPSA) is 24.5 Å². The van der Waals surface area contributed by atoms with Gasteiger partial charge < -0.3 is 10.1 Å². The normalized spacial score (nSPS) is 16.0. The van der Waals surface area contributed by atoms with Gasteiger partial charge in [-0.1, -0.05) is 60.7 Å². The SMILES string of the molecule is C(=COC(c1ccccc1)c1ccccc1)CN1CCNCC1. The van der Waals surface area contributed by atoms with Gasteiger partial charge in [0.2, 0.25) is 0 Å².